The van der Waals surface area contributed by atoms with Gasteiger partial charge in [0.1, 0.15) is 6.04 Å². The first-order valence-corrected chi connectivity index (χ1v) is 10.0. The molecule has 160 valence electrons. The van der Waals surface area contributed by atoms with Crippen LogP contribution in [0.2, 0.25) is 5.02 Å². The van der Waals surface area contributed by atoms with Crippen LogP contribution in [0.3, 0.4) is 0 Å². The Balaban J connectivity index is 1.77. The average Bonchev–Trinajstić information content (AvgIpc) is 3.29. The van der Waals surface area contributed by atoms with Crippen molar-refractivity contribution in [3.63, 3.8) is 0 Å². The Morgan fingerprint density at radius 3 is 2.26 bits per heavy atom. The molecule has 2 aromatic carbocycles. The van der Waals surface area contributed by atoms with Gasteiger partial charge in [-0.15, -0.1) is 0 Å². The van der Waals surface area contributed by atoms with E-state index in [4.69, 9.17) is 16.0 Å². The zero-order valence-corrected chi connectivity index (χ0v) is 17.8. The smallest absolute Gasteiger partial charge is 0.291 e. The van der Waals surface area contributed by atoms with Crippen molar-refractivity contribution in [3.8, 4) is 0 Å². The highest BCUT2D eigenvalue weighted by Crippen LogP contribution is 2.27. The van der Waals surface area contributed by atoms with Crippen LogP contribution in [-0.4, -0.2) is 23.8 Å². The molecule has 0 bridgehead atoms. The molecule has 3 amide bonds. The molecule has 0 saturated carbocycles. The van der Waals surface area contributed by atoms with Gasteiger partial charge in [0.2, 0.25) is 5.91 Å². The number of furan rings is 1. The molecular formula is C23H22ClN3O4. The molecule has 7 nitrogen and oxygen atoms in total. The highest BCUT2D eigenvalue weighted by Gasteiger charge is 2.25. The molecule has 0 aliphatic rings. The predicted molar refractivity (Wildman–Crippen MR) is 119 cm³/mol. The Labute approximate surface area is 184 Å². The van der Waals surface area contributed by atoms with E-state index in [2.05, 4.69) is 16.0 Å². The van der Waals surface area contributed by atoms with Gasteiger partial charge < -0.3 is 20.4 Å². The molecule has 0 spiro atoms. The van der Waals surface area contributed by atoms with E-state index in [0.29, 0.717) is 22.0 Å². The third-order valence-electron chi connectivity index (χ3n) is 4.50. The van der Waals surface area contributed by atoms with E-state index < -0.39 is 17.9 Å². The number of nitrogens with one attached hydrogen (secondary N) is 3. The van der Waals surface area contributed by atoms with Gasteiger partial charge in [-0.2, -0.15) is 0 Å². The molecule has 8 heteroatoms. The monoisotopic (exact) mass is 439 g/mol. The minimum atomic E-state index is -0.794. The van der Waals surface area contributed by atoms with Crippen LogP contribution in [0.5, 0.6) is 0 Å². The second-order valence-electron chi connectivity index (χ2n) is 7.17. The number of anilines is 2. The van der Waals surface area contributed by atoms with Crippen LogP contribution in [-0.2, 0) is 4.79 Å². The third kappa shape index (κ3) is 5.73. The molecule has 1 aromatic heterocycles. The van der Waals surface area contributed by atoms with E-state index in [9.17, 15) is 14.4 Å². The predicted octanol–water partition coefficient (Wildman–Crippen LogP) is 4.58. The number of rotatable bonds is 7. The number of benzene rings is 2. The largest absolute Gasteiger partial charge is 0.459 e. The summed E-state index contributed by atoms with van der Waals surface area (Å²) in [6.45, 7) is 3.66. The highest BCUT2D eigenvalue weighted by atomic mass is 35.5. The minimum Gasteiger partial charge on any atom is -0.459 e. The molecule has 0 fully saturated rings. The SMILES string of the molecule is CC(C)C(NC(=O)c1ccccc1)C(=O)Nc1ccc(Cl)cc1NC(=O)c1ccco1. The van der Waals surface area contributed by atoms with Crippen LogP contribution >= 0.6 is 11.6 Å². The van der Waals surface area contributed by atoms with E-state index in [-0.39, 0.29) is 17.6 Å². The van der Waals surface area contributed by atoms with E-state index >= 15 is 0 Å². The number of carbonyl (C=O) groups is 3. The first-order chi connectivity index (χ1) is 14.8. The fourth-order valence-corrected chi connectivity index (χ4v) is 3.05. The summed E-state index contributed by atoms with van der Waals surface area (Å²) < 4.78 is 5.09. The van der Waals surface area contributed by atoms with Gasteiger partial charge in [-0.05, 0) is 48.4 Å². The summed E-state index contributed by atoms with van der Waals surface area (Å²) in [5.74, 6) is -1.32. The van der Waals surface area contributed by atoms with Crippen molar-refractivity contribution in [2.45, 2.75) is 19.9 Å². The summed E-state index contributed by atoms with van der Waals surface area (Å²) in [5, 5.41) is 8.59. The summed E-state index contributed by atoms with van der Waals surface area (Å²) in [4.78, 5) is 37.9. The van der Waals surface area contributed by atoms with Crippen molar-refractivity contribution in [3.05, 3.63) is 83.3 Å². The number of hydrogen-bond acceptors (Lipinski definition) is 4. The van der Waals surface area contributed by atoms with Crippen LogP contribution < -0.4 is 16.0 Å². The number of carbonyl (C=O) groups excluding carboxylic acids is 3. The third-order valence-corrected chi connectivity index (χ3v) is 4.74. The topological polar surface area (TPSA) is 100 Å². The first-order valence-electron chi connectivity index (χ1n) is 9.66. The maximum absolute atomic E-state index is 13.0. The standard InChI is InChI=1S/C23H22ClN3O4/c1-14(2)20(27-21(28)15-7-4-3-5-8-15)23(30)25-17-11-10-16(24)13-18(17)26-22(29)19-9-6-12-31-19/h3-14,20H,1-2H3,(H,25,30)(H,26,29)(H,27,28). The summed E-state index contributed by atoms with van der Waals surface area (Å²) in [5.41, 5.74) is 1.10. The summed E-state index contributed by atoms with van der Waals surface area (Å²) in [6, 6.07) is 15.7. The number of halogens is 1. The molecule has 1 unspecified atom stereocenters. The molecule has 0 aliphatic carbocycles. The lowest BCUT2D eigenvalue weighted by molar-refractivity contribution is -0.118. The first kappa shape index (κ1) is 22.1. The van der Waals surface area contributed by atoms with Gasteiger partial charge in [-0.1, -0.05) is 43.6 Å². The Bertz CT molecular complexity index is 1070. The van der Waals surface area contributed by atoms with E-state index in [1.807, 2.05) is 19.9 Å². The molecule has 0 saturated heterocycles. The number of hydrogen-bond donors (Lipinski definition) is 3. The molecule has 0 aliphatic heterocycles. The minimum absolute atomic E-state index is 0.118. The molecule has 0 radical (unpaired) electrons. The molecule has 31 heavy (non-hydrogen) atoms. The second kappa shape index (κ2) is 9.95. The lowest BCUT2D eigenvalue weighted by Gasteiger charge is -2.22. The Morgan fingerprint density at radius 2 is 1.61 bits per heavy atom. The fourth-order valence-electron chi connectivity index (χ4n) is 2.88. The summed E-state index contributed by atoms with van der Waals surface area (Å²) >= 11 is 6.07. The van der Waals surface area contributed by atoms with E-state index in [1.54, 1.807) is 42.5 Å². The van der Waals surface area contributed by atoms with Crippen molar-refractivity contribution in [1.29, 1.82) is 0 Å². The highest BCUT2D eigenvalue weighted by molar-refractivity contribution is 6.31. The maximum Gasteiger partial charge on any atom is 0.291 e. The van der Waals surface area contributed by atoms with Crippen molar-refractivity contribution in [1.82, 2.24) is 5.32 Å². The molecule has 1 heterocycles. The van der Waals surface area contributed by atoms with Crippen LogP contribution in [0.25, 0.3) is 0 Å². The quantitative estimate of drug-likeness (QED) is 0.501. The maximum atomic E-state index is 13.0. The van der Waals surface area contributed by atoms with Gasteiger partial charge in [0.25, 0.3) is 11.8 Å². The van der Waals surface area contributed by atoms with Gasteiger partial charge in [0.15, 0.2) is 5.76 Å². The number of amides is 3. The molecule has 3 N–H and O–H groups in total. The fraction of sp³-hybridized carbons (Fsp3) is 0.174. The van der Waals surface area contributed by atoms with Gasteiger partial charge >= 0.3 is 0 Å². The van der Waals surface area contributed by atoms with Crippen molar-refractivity contribution >= 4 is 40.7 Å². The van der Waals surface area contributed by atoms with Crippen molar-refractivity contribution in [2.24, 2.45) is 5.92 Å². The van der Waals surface area contributed by atoms with Crippen LogP contribution in [0, 0.1) is 5.92 Å². The van der Waals surface area contributed by atoms with Gasteiger partial charge in [0, 0.05) is 10.6 Å². The summed E-state index contributed by atoms with van der Waals surface area (Å²) in [7, 11) is 0. The van der Waals surface area contributed by atoms with E-state index in [0.717, 1.165) is 0 Å². The van der Waals surface area contributed by atoms with E-state index in [1.165, 1.54) is 18.4 Å². The molecule has 3 aromatic rings. The van der Waals surface area contributed by atoms with Gasteiger partial charge in [0.05, 0.1) is 17.6 Å². The lowest BCUT2D eigenvalue weighted by atomic mass is 10.0. The zero-order chi connectivity index (χ0) is 22.4. The molecule has 3 rings (SSSR count). The normalized spacial score (nSPS) is 11.6. The van der Waals surface area contributed by atoms with Crippen molar-refractivity contribution < 1.29 is 18.8 Å². The zero-order valence-electron chi connectivity index (χ0n) is 17.0. The Kier molecular flexibility index (Phi) is 7.10. The second-order valence-corrected chi connectivity index (χ2v) is 7.61. The Morgan fingerprint density at radius 1 is 0.871 bits per heavy atom. The molecular weight excluding hydrogens is 418 g/mol. The lowest BCUT2D eigenvalue weighted by Crippen LogP contribution is -2.47. The molecule has 1 atom stereocenters. The van der Waals surface area contributed by atoms with Crippen LogP contribution in [0.4, 0.5) is 11.4 Å². The van der Waals surface area contributed by atoms with Crippen LogP contribution in [0.15, 0.2) is 71.3 Å². The van der Waals surface area contributed by atoms with Crippen LogP contribution in [0.1, 0.15) is 34.8 Å². The van der Waals surface area contributed by atoms with Crippen molar-refractivity contribution in [2.75, 3.05) is 10.6 Å². The van der Waals surface area contributed by atoms with Gasteiger partial charge in [-0.25, -0.2) is 0 Å². The summed E-state index contributed by atoms with van der Waals surface area (Å²) in [6.07, 6.45) is 1.39. The van der Waals surface area contributed by atoms with Gasteiger partial charge in [-0.3, -0.25) is 14.4 Å². The Hall–Kier alpha value is -3.58. The average molecular weight is 440 g/mol.